The highest BCUT2D eigenvalue weighted by Gasteiger charge is 2.23. The number of anilines is 2. The molecular formula is C14H24N4O2. The molecule has 2 heterocycles. The van der Waals surface area contributed by atoms with Gasteiger partial charge in [0.05, 0.1) is 6.61 Å². The number of nitrogens with one attached hydrogen (secondary N) is 1. The highest BCUT2D eigenvalue weighted by atomic mass is 16.5. The molecule has 0 aliphatic carbocycles. The lowest BCUT2D eigenvalue weighted by Crippen LogP contribution is -2.14. The Balaban J connectivity index is 2.27. The quantitative estimate of drug-likeness (QED) is 0.832. The predicted molar refractivity (Wildman–Crippen MR) is 78.9 cm³/mol. The molecule has 1 aromatic rings. The fourth-order valence-corrected chi connectivity index (χ4v) is 2.05. The first-order valence-electron chi connectivity index (χ1n) is 7.27. The van der Waals surface area contributed by atoms with Crippen LogP contribution in [0, 0.1) is 5.92 Å². The van der Waals surface area contributed by atoms with Crippen molar-refractivity contribution in [3.63, 3.8) is 0 Å². The van der Waals surface area contributed by atoms with Gasteiger partial charge in [-0.25, -0.2) is 4.98 Å². The smallest absolute Gasteiger partial charge is 0.242 e. The molecule has 112 valence electrons. The van der Waals surface area contributed by atoms with Crippen molar-refractivity contribution in [2.75, 3.05) is 30.8 Å². The van der Waals surface area contributed by atoms with E-state index < -0.39 is 0 Å². The first-order chi connectivity index (χ1) is 9.61. The zero-order chi connectivity index (χ0) is 14.5. The minimum absolute atomic E-state index is 0.0468. The lowest BCUT2D eigenvalue weighted by Gasteiger charge is -2.16. The van der Waals surface area contributed by atoms with Gasteiger partial charge in [0.2, 0.25) is 5.88 Å². The molecule has 1 saturated heterocycles. The maximum atomic E-state index is 6.07. The van der Waals surface area contributed by atoms with Crippen molar-refractivity contribution in [3.8, 4) is 5.88 Å². The molecule has 0 spiro atoms. The molecule has 1 aliphatic heterocycles. The van der Waals surface area contributed by atoms with Crippen LogP contribution in [0.3, 0.4) is 0 Å². The summed E-state index contributed by atoms with van der Waals surface area (Å²) in [6, 6.07) is 0. The summed E-state index contributed by atoms with van der Waals surface area (Å²) in [5.74, 6) is 2.16. The Morgan fingerprint density at radius 1 is 1.45 bits per heavy atom. The average molecular weight is 280 g/mol. The van der Waals surface area contributed by atoms with Crippen LogP contribution in [-0.4, -0.2) is 29.7 Å². The molecule has 1 aliphatic rings. The lowest BCUT2D eigenvalue weighted by atomic mass is 10.2. The van der Waals surface area contributed by atoms with Crippen LogP contribution in [0.25, 0.3) is 0 Å². The molecule has 0 amide bonds. The number of ether oxygens (including phenoxy) is 2. The van der Waals surface area contributed by atoms with E-state index in [2.05, 4.69) is 29.1 Å². The van der Waals surface area contributed by atoms with Crippen LogP contribution in [0.4, 0.5) is 11.5 Å². The minimum atomic E-state index is -0.0468. The van der Waals surface area contributed by atoms with Gasteiger partial charge in [0.15, 0.2) is 11.6 Å². The van der Waals surface area contributed by atoms with Crippen molar-refractivity contribution < 1.29 is 9.47 Å². The summed E-state index contributed by atoms with van der Waals surface area (Å²) in [4.78, 5) is 8.93. The maximum Gasteiger partial charge on any atom is 0.242 e. The van der Waals surface area contributed by atoms with Crippen molar-refractivity contribution >= 4 is 11.5 Å². The molecule has 0 bridgehead atoms. The number of hydrogen-bond donors (Lipinski definition) is 2. The third kappa shape index (κ3) is 3.50. The average Bonchev–Trinajstić information content (AvgIpc) is 2.93. The summed E-state index contributed by atoms with van der Waals surface area (Å²) >= 11 is 0. The molecule has 1 atom stereocenters. The molecule has 0 saturated carbocycles. The molecule has 6 nitrogen and oxygen atoms in total. The Kier molecular flexibility index (Phi) is 5.00. The second-order valence-electron chi connectivity index (χ2n) is 5.39. The molecule has 1 unspecified atom stereocenters. The van der Waals surface area contributed by atoms with E-state index in [9.17, 15) is 0 Å². The predicted octanol–water partition coefficient (Wildman–Crippen LogP) is 2.38. The fraction of sp³-hybridized carbons (Fsp3) is 0.714. The summed E-state index contributed by atoms with van der Waals surface area (Å²) in [5.41, 5.74) is 6.54. The second-order valence-corrected chi connectivity index (χ2v) is 5.39. The molecule has 3 N–H and O–H groups in total. The minimum Gasteiger partial charge on any atom is -0.476 e. The van der Waals surface area contributed by atoms with Crippen LogP contribution < -0.4 is 15.8 Å². The van der Waals surface area contributed by atoms with Crippen LogP contribution in [0.2, 0.25) is 0 Å². The van der Waals surface area contributed by atoms with E-state index in [0.717, 1.165) is 26.0 Å². The molecule has 1 fully saturated rings. The summed E-state index contributed by atoms with van der Waals surface area (Å²) in [6.45, 7) is 8.26. The Morgan fingerprint density at radius 3 is 2.85 bits per heavy atom. The van der Waals surface area contributed by atoms with Crippen LogP contribution in [-0.2, 0) is 4.74 Å². The zero-order valence-corrected chi connectivity index (χ0v) is 12.5. The normalized spacial score (nSPS) is 18.5. The molecule has 1 aromatic heterocycles. The Labute approximate surface area is 120 Å². The molecule has 0 aromatic carbocycles. The number of nitrogen functional groups attached to an aromatic ring is 1. The zero-order valence-electron chi connectivity index (χ0n) is 12.5. The van der Waals surface area contributed by atoms with Gasteiger partial charge in [0.25, 0.3) is 0 Å². The number of aromatic nitrogens is 2. The number of hydrogen-bond acceptors (Lipinski definition) is 6. The Morgan fingerprint density at radius 2 is 2.25 bits per heavy atom. The van der Waals surface area contributed by atoms with Gasteiger partial charge in [-0.15, -0.1) is 0 Å². The van der Waals surface area contributed by atoms with Crippen molar-refractivity contribution in [1.82, 2.24) is 9.97 Å². The van der Waals surface area contributed by atoms with Crippen LogP contribution in [0.15, 0.2) is 0 Å². The first kappa shape index (κ1) is 14.8. The van der Waals surface area contributed by atoms with E-state index in [1.54, 1.807) is 0 Å². The van der Waals surface area contributed by atoms with E-state index in [4.69, 9.17) is 15.2 Å². The van der Waals surface area contributed by atoms with E-state index in [-0.39, 0.29) is 6.10 Å². The summed E-state index contributed by atoms with van der Waals surface area (Å²) < 4.78 is 11.4. The van der Waals surface area contributed by atoms with Crippen molar-refractivity contribution in [1.29, 1.82) is 0 Å². The van der Waals surface area contributed by atoms with E-state index >= 15 is 0 Å². The molecule has 2 rings (SSSR count). The van der Waals surface area contributed by atoms with Gasteiger partial charge in [-0.1, -0.05) is 13.8 Å². The Hall–Kier alpha value is -1.56. The van der Waals surface area contributed by atoms with Crippen LogP contribution >= 0.6 is 0 Å². The van der Waals surface area contributed by atoms with E-state index in [1.165, 1.54) is 0 Å². The van der Waals surface area contributed by atoms with Crippen molar-refractivity contribution in [2.45, 2.75) is 39.7 Å². The summed E-state index contributed by atoms with van der Waals surface area (Å²) in [6.07, 6.45) is 1.94. The first-order valence-corrected chi connectivity index (χ1v) is 7.27. The van der Waals surface area contributed by atoms with E-state index in [1.807, 2.05) is 6.92 Å². The highest BCUT2D eigenvalue weighted by Crippen LogP contribution is 2.32. The molecule has 20 heavy (non-hydrogen) atoms. The maximum absolute atomic E-state index is 6.07. The SMILES string of the molecule is CCNc1nc(C2CCCO2)nc(OCC(C)C)c1N. The Bertz CT molecular complexity index is 445. The largest absolute Gasteiger partial charge is 0.476 e. The van der Waals surface area contributed by atoms with Gasteiger partial charge in [-0.3, -0.25) is 0 Å². The summed E-state index contributed by atoms with van der Waals surface area (Å²) in [5, 5.41) is 3.16. The fourth-order valence-electron chi connectivity index (χ4n) is 2.05. The van der Waals surface area contributed by atoms with Crippen molar-refractivity contribution in [2.24, 2.45) is 5.92 Å². The number of nitrogens with two attached hydrogens (primary N) is 1. The van der Waals surface area contributed by atoms with Crippen molar-refractivity contribution in [3.05, 3.63) is 5.82 Å². The van der Waals surface area contributed by atoms with Gasteiger partial charge >= 0.3 is 0 Å². The van der Waals surface area contributed by atoms with Gasteiger partial charge in [-0.05, 0) is 25.7 Å². The summed E-state index contributed by atoms with van der Waals surface area (Å²) in [7, 11) is 0. The number of rotatable bonds is 6. The number of nitrogens with zero attached hydrogens (tertiary/aromatic N) is 2. The van der Waals surface area contributed by atoms with E-state index in [0.29, 0.717) is 35.7 Å². The third-order valence-corrected chi connectivity index (χ3v) is 3.04. The van der Waals surface area contributed by atoms with Gasteiger partial charge in [0, 0.05) is 13.2 Å². The monoisotopic (exact) mass is 280 g/mol. The topological polar surface area (TPSA) is 82.3 Å². The molecular weight excluding hydrogens is 256 g/mol. The highest BCUT2D eigenvalue weighted by molar-refractivity contribution is 5.67. The standard InChI is InChI=1S/C14H24N4O2/c1-4-16-13-11(15)14(20-8-9(2)3)18-12(17-13)10-6-5-7-19-10/h9-10H,4-8,15H2,1-3H3,(H,16,17,18). The lowest BCUT2D eigenvalue weighted by molar-refractivity contribution is 0.104. The van der Waals surface area contributed by atoms with Crippen LogP contribution in [0.1, 0.15) is 45.5 Å². The van der Waals surface area contributed by atoms with Crippen LogP contribution in [0.5, 0.6) is 5.88 Å². The van der Waals surface area contributed by atoms with Gasteiger partial charge < -0.3 is 20.5 Å². The third-order valence-electron chi connectivity index (χ3n) is 3.04. The van der Waals surface area contributed by atoms with Gasteiger partial charge in [-0.2, -0.15) is 4.98 Å². The molecule has 6 heteroatoms. The van der Waals surface area contributed by atoms with Gasteiger partial charge in [0.1, 0.15) is 11.8 Å². The second kappa shape index (κ2) is 6.74. The molecule has 0 radical (unpaired) electrons.